The number of benzene rings is 1. The van der Waals surface area contributed by atoms with Crippen LogP contribution in [0.25, 0.3) is 0 Å². The molecule has 1 aromatic carbocycles. The summed E-state index contributed by atoms with van der Waals surface area (Å²) in [6.07, 6.45) is 10.6. The van der Waals surface area contributed by atoms with Gasteiger partial charge in [-0.2, -0.15) is 0 Å². The zero-order valence-electron chi connectivity index (χ0n) is 57.6. The van der Waals surface area contributed by atoms with Crippen molar-refractivity contribution >= 4 is 74.9 Å². The molecule has 26 nitrogen and oxygen atoms in total. The van der Waals surface area contributed by atoms with E-state index in [2.05, 4.69) is 114 Å². The summed E-state index contributed by atoms with van der Waals surface area (Å²) in [6, 6.07) is 9.31. The molecule has 92 heavy (non-hydrogen) atoms. The molecule has 2 rings (SSSR count). The number of carbonyl (C=O) groups is 10. The minimum Gasteiger partial charge on any atom is -0.748 e. The quantitative estimate of drug-likeness (QED) is 0.0290. The van der Waals surface area contributed by atoms with Gasteiger partial charge < -0.3 is 72.0 Å². The number of primary amides is 1. The molecule has 10 amide bonds. The van der Waals surface area contributed by atoms with Crippen molar-refractivity contribution in [2.45, 2.75) is 99.2 Å². The zero-order valence-corrected chi connectivity index (χ0v) is 60.5. The SMILES string of the molecule is C=C(C)C(=O)NC(C)(C)C.C=C(C)C(=O)Nc1ccccc1.C=CC(=O)N(C)C.C=CC(=O)N1CCOCC1.C=CC(=O)NC(C)(C)C.C=CC(=O)NC(C)(C)CS(=O)(=O)[O-].C=CC(=O)NCC.C=CC(=O)NCCCN(C)C.C=CC(=O)NCO.C=CC(N)=O.[Na+]. The minimum absolute atomic E-state index is 0. The van der Waals surface area contributed by atoms with Crippen LogP contribution in [-0.4, -0.2) is 195 Å². The number of nitrogens with zero attached hydrogens (tertiary/aromatic N) is 3. The first-order valence-corrected chi connectivity index (χ1v) is 29.3. The molecule has 516 valence electrons. The number of morpholine rings is 1. The third kappa shape index (κ3) is 88.5. The average molecular weight is 1330 g/mol. The number of likely N-dealkylation sites (N-methyl/N-ethyl adjacent to an activating group) is 2. The first-order valence-electron chi connectivity index (χ1n) is 27.8. The Labute approximate surface area is 571 Å². The molecule has 0 spiro atoms. The van der Waals surface area contributed by atoms with E-state index in [1.54, 1.807) is 32.8 Å². The Bertz CT molecular complexity index is 2550. The van der Waals surface area contributed by atoms with Gasteiger partial charge in [0.25, 0.3) is 5.91 Å². The molecule has 0 atom stereocenters. The number of amides is 10. The third-order valence-corrected chi connectivity index (χ3v) is 9.79. The van der Waals surface area contributed by atoms with E-state index >= 15 is 0 Å². The number of nitrogens with two attached hydrogens (primary N) is 1. The van der Waals surface area contributed by atoms with Crippen molar-refractivity contribution in [3.8, 4) is 0 Å². The van der Waals surface area contributed by atoms with Gasteiger partial charge in [0.15, 0.2) is 0 Å². The molecule has 1 saturated heterocycles. The van der Waals surface area contributed by atoms with Gasteiger partial charge in [0, 0.05) is 73.7 Å². The molecule has 1 heterocycles. The molecule has 0 unspecified atom stereocenters. The van der Waals surface area contributed by atoms with Crippen molar-refractivity contribution in [1.29, 1.82) is 0 Å². The number of rotatable bonds is 20. The van der Waals surface area contributed by atoms with Crippen molar-refractivity contribution in [2.75, 3.05) is 91.9 Å². The molecule has 0 saturated carbocycles. The monoisotopic (exact) mass is 1330 g/mol. The number of carbonyl (C=O) groups excluding carboxylic acids is 10. The summed E-state index contributed by atoms with van der Waals surface area (Å²) < 4.78 is 36.2. The van der Waals surface area contributed by atoms with Crippen LogP contribution in [0.3, 0.4) is 0 Å². The molecule has 1 aliphatic rings. The van der Waals surface area contributed by atoms with Crippen molar-refractivity contribution < 1.29 is 100 Å². The van der Waals surface area contributed by atoms with E-state index in [0.717, 1.165) is 43.4 Å². The molecule has 1 fully saturated rings. The second-order valence-corrected chi connectivity index (χ2v) is 22.6. The Balaban J connectivity index is -0.000000120. The normalized spacial score (nSPS) is 10.4. The van der Waals surface area contributed by atoms with E-state index in [9.17, 15) is 60.9 Å². The van der Waals surface area contributed by atoms with Crippen LogP contribution >= 0.6 is 0 Å². The van der Waals surface area contributed by atoms with Crippen molar-refractivity contribution in [3.05, 3.63) is 156 Å². The van der Waals surface area contributed by atoms with Crippen molar-refractivity contribution in [2.24, 2.45) is 5.73 Å². The molecule has 1 aliphatic heterocycles. The maximum absolute atomic E-state index is 11.1. The van der Waals surface area contributed by atoms with Gasteiger partial charge in [-0.15, -0.1) is 0 Å². The Kier molecular flexibility index (Phi) is 69.3. The standard InChI is InChI=1S/C10H11NO.C8H16N2O.C8H15NO.C7H13NO4S.C7H11NO2.C7H13NO.2C5H9NO.C4H7NO2.C3H5NO.Na/c1-8(2)10(12)11-9-6-4-3-5-7-9;1-4-8(11)9-6-5-7-10(2)3;1-6(2)7(10)9-8(3,4)5;1-4-6(9)8-7(2,3)5-13(10,11)12;1-2-7(9)8-3-5-10-6-4-8;1-5-6(9)8-7(2,3)4;1-4-5(7)6(2)3;1-3-5(7)6-4-2;1-2-4(7)5-3-6;1-2-3(4)5;/h3-7H,1H2,2H3,(H,11,12);4H,1,5-7H2,2-3H3,(H,9,11);1H2,2-5H3,(H,9,10);4H,1,5H2,2-3H3,(H,8,9)(H,10,11,12);2H,1,3-6H2;5H,1H2,2-4H3,(H,8,9);4H,1H2,2-3H3;3H,1,4H2,2H3,(H,6,7);2,6H,1,3H2,(H,5,7);2H,1H2,(H2,4,5);/q;;;;;;;;;;+1/p-1. The average Bonchev–Trinajstić information content (AvgIpc) is 1.45. The summed E-state index contributed by atoms with van der Waals surface area (Å²) >= 11 is 0. The van der Waals surface area contributed by atoms with Crippen LogP contribution in [0.1, 0.15) is 82.6 Å². The van der Waals surface area contributed by atoms with Gasteiger partial charge in [0.2, 0.25) is 53.2 Å². The number of nitrogens with one attached hydrogen (secondary N) is 7. The van der Waals surface area contributed by atoms with E-state index in [1.165, 1.54) is 49.1 Å². The second-order valence-electron chi connectivity index (χ2n) is 21.1. The predicted octanol–water partition coefficient (Wildman–Crippen LogP) is 1.12. The Morgan fingerprint density at radius 1 is 0.630 bits per heavy atom. The summed E-state index contributed by atoms with van der Waals surface area (Å²) in [6.45, 7) is 57.6. The van der Waals surface area contributed by atoms with Crippen LogP contribution in [0.2, 0.25) is 0 Å². The van der Waals surface area contributed by atoms with Crippen molar-refractivity contribution in [1.82, 2.24) is 46.6 Å². The first-order chi connectivity index (χ1) is 41.7. The first kappa shape index (κ1) is 103. The van der Waals surface area contributed by atoms with Gasteiger partial charge in [0.1, 0.15) is 6.73 Å². The Morgan fingerprint density at radius 2 is 1.03 bits per heavy atom. The van der Waals surface area contributed by atoms with Crippen LogP contribution in [0, 0.1) is 0 Å². The fraction of sp³-hybridized carbons (Fsp3) is 0.438. The smallest absolute Gasteiger partial charge is 0.748 e. The van der Waals surface area contributed by atoms with E-state index in [0.29, 0.717) is 44.0 Å². The number of para-hydroxylation sites is 1. The molecular formula is C64H108N11NaO15S. The molecule has 0 aliphatic carbocycles. The number of aliphatic hydroxyl groups excluding tert-OH is 1. The van der Waals surface area contributed by atoms with Crippen LogP contribution in [0.15, 0.2) is 156 Å². The molecule has 0 bridgehead atoms. The van der Waals surface area contributed by atoms with Gasteiger partial charge in [-0.25, -0.2) is 8.42 Å². The zero-order chi connectivity index (χ0) is 73.2. The Hall–Kier alpha value is -7.89. The summed E-state index contributed by atoms with van der Waals surface area (Å²) in [5, 5.41) is 25.8. The summed E-state index contributed by atoms with van der Waals surface area (Å²) in [5.74, 6) is -2.58. The molecule has 10 N–H and O–H groups in total. The minimum atomic E-state index is -4.33. The summed E-state index contributed by atoms with van der Waals surface area (Å²) in [7, 11) is 3.05. The van der Waals surface area contributed by atoms with Crippen LogP contribution in [0.5, 0.6) is 0 Å². The maximum Gasteiger partial charge on any atom is 1.00 e. The van der Waals surface area contributed by atoms with Crippen LogP contribution in [-0.2, 0) is 62.8 Å². The van der Waals surface area contributed by atoms with E-state index in [-0.39, 0.29) is 94.6 Å². The fourth-order valence-corrected chi connectivity index (χ4v) is 5.62. The number of hydrogen-bond donors (Lipinski definition) is 9. The topological polar surface area (TPSA) is 377 Å². The molecule has 28 heteroatoms. The van der Waals surface area contributed by atoms with Gasteiger partial charge in [-0.05, 0) is 164 Å². The number of aliphatic hydroxyl groups is 1. The maximum atomic E-state index is 11.1. The van der Waals surface area contributed by atoms with E-state index in [1.807, 2.05) is 92.9 Å². The molecule has 0 aromatic heterocycles. The predicted molar refractivity (Wildman–Crippen MR) is 364 cm³/mol. The van der Waals surface area contributed by atoms with Crippen LogP contribution < -0.4 is 72.5 Å². The summed E-state index contributed by atoms with van der Waals surface area (Å²) in [5.41, 5.74) is 5.03. The Morgan fingerprint density at radius 3 is 1.29 bits per heavy atom. The number of anilines is 1. The van der Waals surface area contributed by atoms with Gasteiger partial charge in [0.05, 0.1) is 29.1 Å². The molecule has 1 aromatic rings. The fourth-order valence-electron chi connectivity index (χ4n) is 4.66. The largest absolute Gasteiger partial charge is 1.00 e. The van der Waals surface area contributed by atoms with E-state index < -0.39 is 33.2 Å². The second kappa shape index (κ2) is 61.9. The number of ether oxygens (including phenoxy) is 1. The molecular weight excluding hydrogens is 1220 g/mol. The van der Waals surface area contributed by atoms with Gasteiger partial charge in [-0.3, -0.25) is 47.9 Å². The van der Waals surface area contributed by atoms with Gasteiger partial charge in [-0.1, -0.05) is 84.0 Å². The third-order valence-electron chi connectivity index (χ3n) is 8.72. The van der Waals surface area contributed by atoms with Crippen molar-refractivity contribution in [3.63, 3.8) is 0 Å². The number of hydrogen-bond acceptors (Lipinski definition) is 16. The van der Waals surface area contributed by atoms with Gasteiger partial charge >= 0.3 is 29.6 Å². The van der Waals surface area contributed by atoms with Crippen LogP contribution in [0.4, 0.5) is 5.69 Å². The van der Waals surface area contributed by atoms with E-state index in [4.69, 9.17) is 9.84 Å². The molecule has 0 radical (unpaired) electrons. The summed E-state index contributed by atoms with van der Waals surface area (Å²) in [4.78, 5) is 110.